The van der Waals surface area contributed by atoms with Crippen molar-refractivity contribution in [3.63, 3.8) is 0 Å². The maximum Gasteiger partial charge on any atom is 0.262 e. The Balaban J connectivity index is 1.52. The number of carbonyl (C=O) groups is 3. The highest BCUT2D eigenvalue weighted by Crippen LogP contribution is 2.28. The second kappa shape index (κ2) is 10.0. The van der Waals surface area contributed by atoms with Crippen molar-refractivity contribution < 1.29 is 14.4 Å². The number of hydrogen-bond donors (Lipinski definition) is 1. The standard InChI is InChI=1S/C31H26N2O3/c1-21-16-18-24(19-17-21)28(23-12-6-3-7-13-23)32-29(34)27(20-22-10-4-2-5-11-22)33-30(35)25-14-8-9-15-26(25)31(33)36/h2-19,27-28H,20H2,1H3,(H,32,34). The van der Waals surface area contributed by atoms with Crippen LogP contribution >= 0.6 is 0 Å². The molecule has 3 amide bonds. The minimum absolute atomic E-state index is 0.216. The van der Waals surface area contributed by atoms with Crippen molar-refractivity contribution >= 4 is 17.7 Å². The van der Waals surface area contributed by atoms with Crippen LogP contribution < -0.4 is 5.32 Å². The highest BCUT2D eigenvalue weighted by Gasteiger charge is 2.43. The maximum absolute atomic E-state index is 13.9. The molecule has 0 saturated heterocycles. The molecule has 0 bridgehead atoms. The molecule has 4 aromatic rings. The minimum Gasteiger partial charge on any atom is -0.343 e. The van der Waals surface area contributed by atoms with E-state index in [-0.39, 0.29) is 12.3 Å². The van der Waals surface area contributed by atoms with Crippen LogP contribution in [0.4, 0.5) is 0 Å². The molecule has 5 rings (SSSR count). The number of imide groups is 1. The molecule has 0 aliphatic carbocycles. The van der Waals surface area contributed by atoms with Gasteiger partial charge in [0.25, 0.3) is 11.8 Å². The van der Waals surface area contributed by atoms with Gasteiger partial charge in [0.15, 0.2) is 0 Å². The van der Waals surface area contributed by atoms with Crippen molar-refractivity contribution in [2.75, 3.05) is 0 Å². The van der Waals surface area contributed by atoms with Gasteiger partial charge in [0.2, 0.25) is 5.91 Å². The molecule has 1 N–H and O–H groups in total. The van der Waals surface area contributed by atoms with Crippen LogP contribution in [0.15, 0.2) is 109 Å². The molecule has 0 fully saturated rings. The van der Waals surface area contributed by atoms with Gasteiger partial charge in [-0.15, -0.1) is 0 Å². The van der Waals surface area contributed by atoms with Crippen LogP contribution in [0.2, 0.25) is 0 Å². The van der Waals surface area contributed by atoms with E-state index in [1.54, 1.807) is 24.3 Å². The van der Waals surface area contributed by atoms with Crippen LogP contribution in [0.1, 0.15) is 49.0 Å². The number of amides is 3. The van der Waals surface area contributed by atoms with E-state index in [1.807, 2.05) is 91.9 Å². The number of nitrogens with zero attached hydrogens (tertiary/aromatic N) is 1. The Morgan fingerprint density at radius 1 is 0.694 bits per heavy atom. The summed E-state index contributed by atoms with van der Waals surface area (Å²) in [4.78, 5) is 41.7. The molecular formula is C31H26N2O3. The molecule has 1 aliphatic rings. The molecule has 178 valence electrons. The van der Waals surface area contributed by atoms with Gasteiger partial charge in [-0.1, -0.05) is 103 Å². The fourth-order valence-corrected chi connectivity index (χ4v) is 4.63. The first-order chi connectivity index (χ1) is 17.5. The largest absolute Gasteiger partial charge is 0.343 e. The van der Waals surface area contributed by atoms with Gasteiger partial charge in [0.1, 0.15) is 6.04 Å². The number of benzene rings is 4. The second-order valence-corrected chi connectivity index (χ2v) is 8.99. The molecule has 0 radical (unpaired) electrons. The van der Waals surface area contributed by atoms with E-state index >= 15 is 0 Å². The van der Waals surface area contributed by atoms with E-state index in [2.05, 4.69) is 5.32 Å². The Hall–Kier alpha value is -4.51. The van der Waals surface area contributed by atoms with Gasteiger partial charge in [0.05, 0.1) is 17.2 Å². The third-order valence-electron chi connectivity index (χ3n) is 6.54. The van der Waals surface area contributed by atoms with Crippen LogP contribution in [-0.2, 0) is 11.2 Å². The summed E-state index contributed by atoms with van der Waals surface area (Å²) < 4.78 is 0. The molecule has 1 heterocycles. The van der Waals surface area contributed by atoms with E-state index in [1.165, 1.54) is 0 Å². The summed E-state index contributed by atoms with van der Waals surface area (Å²) in [5.74, 6) is -1.28. The molecule has 36 heavy (non-hydrogen) atoms. The summed E-state index contributed by atoms with van der Waals surface area (Å²) in [5, 5.41) is 3.15. The van der Waals surface area contributed by atoms with Crippen molar-refractivity contribution in [1.29, 1.82) is 0 Å². The molecule has 0 saturated carbocycles. The summed E-state index contributed by atoms with van der Waals surface area (Å²) >= 11 is 0. The lowest BCUT2D eigenvalue weighted by atomic mass is 9.96. The Morgan fingerprint density at radius 2 is 1.19 bits per heavy atom. The molecule has 5 nitrogen and oxygen atoms in total. The smallest absolute Gasteiger partial charge is 0.262 e. The predicted molar refractivity (Wildman–Crippen MR) is 138 cm³/mol. The normalized spacial score (nSPS) is 14.3. The van der Waals surface area contributed by atoms with E-state index in [0.29, 0.717) is 11.1 Å². The molecule has 5 heteroatoms. The molecule has 0 spiro atoms. The number of rotatable bonds is 7. The zero-order valence-corrected chi connectivity index (χ0v) is 19.9. The van der Waals surface area contributed by atoms with Gasteiger partial charge in [-0.3, -0.25) is 19.3 Å². The number of carbonyl (C=O) groups excluding carboxylic acids is 3. The highest BCUT2D eigenvalue weighted by atomic mass is 16.2. The monoisotopic (exact) mass is 474 g/mol. The maximum atomic E-state index is 13.9. The van der Waals surface area contributed by atoms with Crippen molar-refractivity contribution in [2.45, 2.75) is 25.4 Å². The van der Waals surface area contributed by atoms with Crippen molar-refractivity contribution in [2.24, 2.45) is 0 Å². The lowest BCUT2D eigenvalue weighted by Gasteiger charge is -2.28. The zero-order valence-electron chi connectivity index (χ0n) is 19.9. The summed E-state index contributed by atoms with van der Waals surface area (Å²) in [5.41, 5.74) is 4.46. The first kappa shape index (κ1) is 23.2. The molecule has 1 aliphatic heterocycles. The van der Waals surface area contributed by atoms with Crippen molar-refractivity contribution in [3.8, 4) is 0 Å². The second-order valence-electron chi connectivity index (χ2n) is 8.99. The van der Waals surface area contributed by atoms with Crippen LogP contribution in [0.5, 0.6) is 0 Å². The fraction of sp³-hybridized carbons (Fsp3) is 0.129. The van der Waals surface area contributed by atoms with Crippen LogP contribution in [0.3, 0.4) is 0 Å². The summed E-state index contributed by atoms with van der Waals surface area (Å²) in [6.45, 7) is 2.01. The van der Waals surface area contributed by atoms with Gasteiger partial charge in [-0.05, 0) is 35.7 Å². The van der Waals surface area contributed by atoms with Crippen LogP contribution in [-0.4, -0.2) is 28.7 Å². The minimum atomic E-state index is -1.00. The Kier molecular flexibility index (Phi) is 6.46. The van der Waals surface area contributed by atoms with Crippen LogP contribution in [0, 0.1) is 6.92 Å². The average Bonchev–Trinajstić information content (AvgIpc) is 3.17. The number of aryl methyl sites for hydroxylation is 1. The van der Waals surface area contributed by atoms with E-state index in [4.69, 9.17) is 0 Å². The van der Waals surface area contributed by atoms with E-state index < -0.39 is 23.9 Å². The van der Waals surface area contributed by atoms with E-state index in [0.717, 1.165) is 27.2 Å². The molecule has 2 atom stereocenters. The highest BCUT2D eigenvalue weighted by molar-refractivity contribution is 6.22. The topological polar surface area (TPSA) is 66.5 Å². The van der Waals surface area contributed by atoms with Crippen molar-refractivity contribution in [1.82, 2.24) is 10.2 Å². The molecule has 0 aromatic heterocycles. The van der Waals surface area contributed by atoms with Crippen molar-refractivity contribution in [3.05, 3.63) is 143 Å². The quantitative estimate of drug-likeness (QED) is 0.379. The lowest BCUT2D eigenvalue weighted by Crippen LogP contribution is -2.51. The SMILES string of the molecule is Cc1ccc(C(NC(=O)C(Cc2ccccc2)N2C(=O)c3ccccc3C2=O)c2ccccc2)cc1. The van der Waals surface area contributed by atoms with Gasteiger partial charge in [-0.2, -0.15) is 0 Å². The summed E-state index contributed by atoms with van der Waals surface area (Å²) in [6, 6.07) is 32.4. The van der Waals surface area contributed by atoms with Gasteiger partial charge in [-0.25, -0.2) is 0 Å². The van der Waals surface area contributed by atoms with Gasteiger partial charge in [0, 0.05) is 6.42 Å². The zero-order chi connectivity index (χ0) is 25.1. The Morgan fingerprint density at radius 3 is 1.78 bits per heavy atom. The number of fused-ring (bicyclic) bond motifs is 1. The summed E-state index contributed by atoms with van der Waals surface area (Å²) in [7, 11) is 0. The molecule has 4 aromatic carbocycles. The lowest BCUT2D eigenvalue weighted by molar-refractivity contribution is -0.125. The molecule has 2 unspecified atom stereocenters. The Labute approximate surface area is 210 Å². The first-order valence-corrected chi connectivity index (χ1v) is 12.0. The summed E-state index contributed by atoms with van der Waals surface area (Å²) in [6.07, 6.45) is 0.216. The van der Waals surface area contributed by atoms with Crippen LogP contribution in [0.25, 0.3) is 0 Å². The van der Waals surface area contributed by atoms with E-state index in [9.17, 15) is 14.4 Å². The van der Waals surface area contributed by atoms with Gasteiger partial charge < -0.3 is 5.32 Å². The fourth-order valence-electron chi connectivity index (χ4n) is 4.63. The third kappa shape index (κ3) is 4.56. The average molecular weight is 475 g/mol. The number of nitrogens with one attached hydrogen (secondary N) is 1. The Bertz CT molecular complexity index is 1360. The van der Waals surface area contributed by atoms with Gasteiger partial charge >= 0.3 is 0 Å². The first-order valence-electron chi connectivity index (χ1n) is 12.0. The predicted octanol–water partition coefficient (Wildman–Crippen LogP) is 5.11. The third-order valence-corrected chi connectivity index (χ3v) is 6.54. The molecular weight excluding hydrogens is 448 g/mol. The number of hydrogen-bond acceptors (Lipinski definition) is 3.